The Hall–Kier alpha value is -4.63. The first kappa shape index (κ1) is 26.6. The van der Waals surface area contributed by atoms with Crippen LogP contribution in [0.1, 0.15) is 43.4 Å². The predicted octanol–water partition coefficient (Wildman–Crippen LogP) is 3.61. The number of ether oxygens (including phenoxy) is 1. The second kappa shape index (κ2) is 9.21. The minimum absolute atomic E-state index is 0.0117. The summed E-state index contributed by atoms with van der Waals surface area (Å²) in [6, 6.07) is -0.997. The van der Waals surface area contributed by atoms with Crippen LogP contribution >= 0.6 is 0 Å². The van der Waals surface area contributed by atoms with Gasteiger partial charge in [-0.25, -0.2) is 13.8 Å². The third-order valence-corrected chi connectivity index (χ3v) is 7.24. The van der Waals surface area contributed by atoms with Crippen LogP contribution in [-0.2, 0) is 25.3 Å². The van der Waals surface area contributed by atoms with E-state index in [0.717, 1.165) is 18.6 Å². The summed E-state index contributed by atoms with van der Waals surface area (Å²) in [6.07, 6.45) is -1.34. The SMILES string of the molecule is CC(=O)NC(c1c(F)c(C(F)(F)F)c(-c2cn3cc(NC(=O)[C@@]4(OC=O)C[C@@H]4F)nc3cn2)c2cn[nH]c12)C1CC1. The summed E-state index contributed by atoms with van der Waals surface area (Å²) in [7, 11) is 0. The van der Waals surface area contributed by atoms with Crippen molar-refractivity contribution >= 4 is 40.7 Å². The molecule has 4 aromatic rings. The molecule has 2 aliphatic rings. The van der Waals surface area contributed by atoms with Crippen molar-refractivity contribution in [3.05, 3.63) is 41.7 Å². The van der Waals surface area contributed by atoms with Crippen molar-refractivity contribution in [3.8, 4) is 11.3 Å². The van der Waals surface area contributed by atoms with E-state index in [0.29, 0.717) is 12.8 Å². The maximum absolute atomic E-state index is 16.0. The molecule has 3 aromatic heterocycles. The van der Waals surface area contributed by atoms with Gasteiger partial charge >= 0.3 is 6.18 Å². The fourth-order valence-corrected chi connectivity index (χ4v) is 5.08. The molecule has 41 heavy (non-hydrogen) atoms. The zero-order valence-electron chi connectivity index (χ0n) is 21.1. The Balaban J connectivity index is 1.46. The molecule has 2 amide bonds. The van der Waals surface area contributed by atoms with E-state index in [1.807, 2.05) is 0 Å². The summed E-state index contributed by atoms with van der Waals surface area (Å²) in [5, 5.41) is 11.3. The molecular formula is C25H20F5N7O4. The number of aromatic nitrogens is 5. The Labute approximate surface area is 226 Å². The van der Waals surface area contributed by atoms with Crippen LogP contribution in [0.5, 0.6) is 0 Å². The van der Waals surface area contributed by atoms with Crippen LogP contribution in [0.3, 0.4) is 0 Å². The summed E-state index contributed by atoms with van der Waals surface area (Å²) in [5.74, 6) is -3.39. The zero-order valence-corrected chi connectivity index (χ0v) is 21.1. The van der Waals surface area contributed by atoms with Crippen LogP contribution in [0.2, 0.25) is 0 Å². The van der Waals surface area contributed by atoms with Gasteiger partial charge in [-0.15, -0.1) is 0 Å². The fraction of sp³-hybridized carbons (Fsp3) is 0.360. The molecule has 6 rings (SSSR count). The van der Waals surface area contributed by atoms with E-state index in [9.17, 15) is 31.9 Å². The number of anilines is 1. The molecule has 3 heterocycles. The van der Waals surface area contributed by atoms with E-state index >= 15 is 4.39 Å². The first-order chi connectivity index (χ1) is 19.4. The maximum Gasteiger partial charge on any atom is 0.419 e. The quantitative estimate of drug-likeness (QED) is 0.214. The van der Waals surface area contributed by atoms with Gasteiger partial charge < -0.3 is 19.8 Å². The number of hydrogen-bond donors (Lipinski definition) is 3. The van der Waals surface area contributed by atoms with Crippen LogP contribution in [0.4, 0.5) is 27.8 Å². The van der Waals surface area contributed by atoms with Gasteiger partial charge in [-0.3, -0.25) is 24.5 Å². The van der Waals surface area contributed by atoms with E-state index < -0.39 is 52.7 Å². The molecule has 3 N–H and O–H groups in total. The third kappa shape index (κ3) is 4.42. The van der Waals surface area contributed by atoms with Crippen LogP contribution < -0.4 is 10.6 Å². The number of H-pyrrole nitrogens is 1. The van der Waals surface area contributed by atoms with Gasteiger partial charge in [0.05, 0.1) is 35.8 Å². The average molecular weight is 577 g/mol. The van der Waals surface area contributed by atoms with Crippen molar-refractivity contribution in [2.45, 2.75) is 50.2 Å². The number of carbonyl (C=O) groups is 3. The van der Waals surface area contributed by atoms with E-state index in [2.05, 4.69) is 35.5 Å². The second-order valence-corrected chi connectivity index (χ2v) is 10.0. The first-order valence-corrected chi connectivity index (χ1v) is 12.4. The molecule has 11 nitrogen and oxygen atoms in total. The summed E-state index contributed by atoms with van der Waals surface area (Å²) < 4.78 is 79.1. The van der Waals surface area contributed by atoms with Crippen LogP contribution in [0.25, 0.3) is 27.8 Å². The number of rotatable bonds is 8. The topological polar surface area (TPSA) is 143 Å². The van der Waals surface area contributed by atoms with Crippen LogP contribution in [-0.4, -0.2) is 54.6 Å². The molecule has 2 saturated carbocycles. The number of imidazole rings is 1. The first-order valence-electron chi connectivity index (χ1n) is 12.4. The lowest BCUT2D eigenvalue weighted by Crippen LogP contribution is -2.35. The summed E-state index contributed by atoms with van der Waals surface area (Å²) in [5.41, 5.74) is -4.67. The fourth-order valence-electron chi connectivity index (χ4n) is 5.08. The third-order valence-electron chi connectivity index (χ3n) is 7.24. The largest absolute Gasteiger partial charge is 0.448 e. The molecule has 0 spiro atoms. The van der Waals surface area contributed by atoms with Gasteiger partial charge in [0.1, 0.15) is 11.4 Å². The average Bonchev–Trinajstić information content (AvgIpc) is 3.74. The molecule has 16 heteroatoms. The molecule has 0 saturated heterocycles. The van der Waals surface area contributed by atoms with Gasteiger partial charge in [0.25, 0.3) is 12.4 Å². The predicted molar refractivity (Wildman–Crippen MR) is 130 cm³/mol. The van der Waals surface area contributed by atoms with Crippen molar-refractivity contribution in [2.24, 2.45) is 5.92 Å². The lowest BCUT2D eigenvalue weighted by molar-refractivity contribution is -0.146. The standard InChI is InChI=1S/C25H20F5N7O4/c1-10(39)33-21(11-2-3-11)18-20(27)19(25(28,29)30)17(12-5-32-36-22(12)18)13-7-37-8-15(34-16(37)6-31-13)35-23(40)24(41-9-38)4-14(24)26/h5-9,11,14,21H,2-4H2,1H3,(H,32,36)(H,33,39)(H,35,40)/t14-,21?,24+/m0/s1. The highest BCUT2D eigenvalue weighted by Gasteiger charge is 2.64. The summed E-state index contributed by atoms with van der Waals surface area (Å²) in [4.78, 5) is 43.2. The van der Waals surface area contributed by atoms with E-state index in [4.69, 9.17) is 0 Å². The van der Waals surface area contributed by atoms with E-state index in [1.54, 1.807) is 0 Å². The number of nitrogens with zero attached hydrogens (tertiary/aromatic N) is 4. The molecule has 2 aliphatic carbocycles. The summed E-state index contributed by atoms with van der Waals surface area (Å²) in [6.45, 7) is 1.16. The molecule has 0 aliphatic heterocycles. The van der Waals surface area contributed by atoms with Crippen molar-refractivity contribution in [1.29, 1.82) is 0 Å². The van der Waals surface area contributed by atoms with Crippen molar-refractivity contribution in [1.82, 2.24) is 29.9 Å². The van der Waals surface area contributed by atoms with Gasteiger partial charge in [0.2, 0.25) is 11.5 Å². The molecule has 1 unspecified atom stereocenters. The number of nitrogens with one attached hydrogen (secondary N) is 3. The van der Waals surface area contributed by atoms with Crippen LogP contribution in [0, 0.1) is 11.7 Å². The lowest BCUT2D eigenvalue weighted by atomic mass is 9.90. The van der Waals surface area contributed by atoms with Crippen molar-refractivity contribution < 1.29 is 41.1 Å². The highest BCUT2D eigenvalue weighted by molar-refractivity contribution is 6.01. The van der Waals surface area contributed by atoms with Crippen LogP contribution in [0.15, 0.2) is 24.8 Å². The minimum atomic E-state index is -5.16. The molecule has 0 radical (unpaired) electrons. The molecule has 214 valence electrons. The number of halogens is 5. The zero-order chi connectivity index (χ0) is 29.3. The number of fused-ring (bicyclic) bond motifs is 2. The Morgan fingerprint density at radius 2 is 2.00 bits per heavy atom. The van der Waals surface area contributed by atoms with Gasteiger partial charge in [-0.2, -0.15) is 18.3 Å². The van der Waals surface area contributed by atoms with Gasteiger partial charge in [0.15, 0.2) is 17.6 Å². The molecule has 0 bridgehead atoms. The van der Waals surface area contributed by atoms with E-state index in [-0.39, 0.29) is 52.4 Å². The molecule has 1 aromatic carbocycles. The number of hydrogen-bond acceptors (Lipinski definition) is 7. The van der Waals surface area contributed by atoms with E-state index in [1.165, 1.54) is 17.5 Å². The normalized spacial score (nSPS) is 21.1. The lowest BCUT2D eigenvalue weighted by Gasteiger charge is -2.23. The smallest absolute Gasteiger partial charge is 0.419 e. The number of alkyl halides is 4. The Bertz CT molecular complexity index is 1730. The second-order valence-electron chi connectivity index (χ2n) is 10.0. The van der Waals surface area contributed by atoms with Gasteiger partial charge in [0, 0.05) is 36.1 Å². The number of aromatic amines is 1. The Morgan fingerprint density at radius 3 is 2.61 bits per heavy atom. The molecular weight excluding hydrogens is 557 g/mol. The summed E-state index contributed by atoms with van der Waals surface area (Å²) >= 11 is 0. The monoisotopic (exact) mass is 577 g/mol. The minimum Gasteiger partial charge on any atom is -0.448 e. The number of amides is 2. The molecule has 2 fully saturated rings. The number of benzene rings is 1. The Morgan fingerprint density at radius 1 is 1.27 bits per heavy atom. The van der Waals surface area contributed by atoms with Crippen molar-refractivity contribution in [2.75, 3.05) is 5.32 Å². The highest BCUT2D eigenvalue weighted by Crippen LogP contribution is 2.49. The van der Waals surface area contributed by atoms with Gasteiger partial charge in [-0.1, -0.05) is 0 Å². The van der Waals surface area contributed by atoms with Gasteiger partial charge in [-0.05, 0) is 18.8 Å². The van der Waals surface area contributed by atoms with Crippen molar-refractivity contribution in [3.63, 3.8) is 0 Å². The number of carbonyl (C=O) groups excluding carboxylic acids is 3. The highest BCUT2D eigenvalue weighted by atomic mass is 19.4. The Kier molecular flexibility index (Phi) is 5.97. The maximum atomic E-state index is 16.0. The molecule has 3 atom stereocenters.